The number of aromatic nitrogens is 1. The number of nitrogens with two attached hydrogens (primary N) is 1. The molecule has 0 unspecified atom stereocenters. The molecule has 0 bridgehead atoms. The number of rotatable bonds is 5. The Balaban J connectivity index is 2.00. The first-order chi connectivity index (χ1) is 10.1. The molecular weight excluding hydrogens is 286 g/mol. The van der Waals surface area contributed by atoms with Crippen molar-refractivity contribution in [1.29, 1.82) is 0 Å². The molecule has 0 atom stereocenters. The zero-order valence-corrected chi connectivity index (χ0v) is 13.0. The Morgan fingerprint density at radius 1 is 1.43 bits per heavy atom. The highest BCUT2D eigenvalue weighted by atomic mass is 32.1. The van der Waals surface area contributed by atoms with Crippen LogP contribution in [0.5, 0.6) is 5.88 Å². The van der Waals surface area contributed by atoms with E-state index >= 15 is 0 Å². The van der Waals surface area contributed by atoms with Crippen molar-refractivity contribution in [3.63, 3.8) is 0 Å². The van der Waals surface area contributed by atoms with Crippen molar-refractivity contribution < 1.29 is 9.53 Å². The van der Waals surface area contributed by atoms with Crippen LogP contribution in [0, 0.1) is 5.41 Å². The van der Waals surface area contributed by atoms with Gasteiger partial charge in [-0.25, -0.2) is 4.98 Å². The number of hydrogen-bond donors (Lipinski definition) is 2. The first-order valence-electron chi connectivity index (χ1n) is 7.15. The summed E-state index contributed by atoms with van der Waals surface area (Å²) < 4.78 is 5.01. The van der Waals surface area contributed by atoms with Crippen LogP contribution in [0.1, 0.15) is 37.7 Å². The zero-order valence-electron chi connectivity index (χ0n) is 12.2. The van der Waals surface area contributed by atoms with Crippen LogP contribution in [0.15, 0.2) is 18.3 Å². The van der Waals surface area contributed by atoms with E-state index in [9.17, 15) is 4.79 Å². The number of ether oxygens (including phenoxy) is 1. The number of amides is 1. The lowest BCUT2D eigenvalue weighted by Gasteiger charge is -2.34. The van der Waals surface area contributed by atoms with Gasteiger partial charge in [-0.15, -0.1) is 0 Å². The highest BCUT2D eigenvalue weighted by Gasteiger charge is 2.42. The van der Waals surface area contributed by atoms with Gasteiger partial charge in [0.25, 0.3) is 0 Å². The summed E-state index contributed by atoms with van der Waals surface area (Å²) in [5.41, 5.74) is 6.09. The fourth-order valence-electron chi connectivity index (χ4n) is 2.73. The molecule has 6 heteroatoms. The molecule has 1 aliphatic rings. The SMILES string of the molecule is COc1ccc(CNC(=O)C2(C(N)=S)CCCCC2)cn1. The summed E-state index contributed by atoms with van der Waals surface area (Å²) in [5.74, 6) is 0.488. The number of thiocarbonyl (C=S) groups is 1. The van der Waals surface area contributed by atoms with E-state index < -0.39 is 5.41 Å². The maximum absolute atomic E-state index is 12.5. The van der Waals surface area contributed by atoms with Crippen molar-refractivity contribution in [2.75, 3.05) is 7.11 Å². The number of carbonyl (C=O) groups excluding carboxylic acids is 1. The summed E-state index contributed by atoms with van der Waals surface area (Å²) in [6, 6.07) is 3.64. The van der Waals surface area contributed by atoms with Gasteiger partial charge >= 0.3 is 0 Å². The molecule has 21 heavy (non-hydrogen) atoms. The van der Waals surface area contributed by atoms with Gasteiger partial charge in [0.15, 0.2) is 0 Å². The number of pyridine rings is 1. The molecule has 1 saturated carbocycles. The molecule has 1 aromatic rings. The molecular formula is C15H21N3O2S. The van der Waals surface area contributed by atoms with Crippen LogP contribution in [-0.2, 0) is 11.3 Å². The standard InChI is InChI=1S/C15H21N3O2S/c1-20-12-6-5-11(9-17-12)10-18-14(19)15(13(16)21)7-3-2-4-8-15/h5-6,9H,2-4,7-8,10H2,1H3,(H2,16,21)(H,18,19). The fourth-order valence-corrected chi connectivity index (χ4v) is 3.03. The van der Waals surface area contributed by atoms with Gasteiger partial charge in [-0.2, -0.15) is 0 Å². The van der Waals surface area contributed by atoms with Gasteiger partial charge in [0.2, 0.25) is 11.8 Å². The second kappa shape index (κ2) is 6.85. The average molecular weight is 307 g/mol. The van der Waals surface area contributed by atoms with Crippen LogP contribution in [0.2, 0.25) is 0 Å². The molecule has 3 N–H and O–H groups in total. The third-order valence-corrected chi connectivity index (χ3v) is 4.46. The lowest BCUT2D eigenvalue weighted by Crippen LogP contribution is -2.49. The van der Waals surface area contributed by atoms with Crippen molar-refractivity contribution >= 4 is 23.1 Å². The van der Waals surface area contributed by atoms with Crippen molar-refractivity contribution in [3.8, 4) is 5.88 Å². The first-order valence-corrected chi connectivity index (χ1v) is 7.56. The van der Waals surface area contributed by atoms with E-state index in [1.165, 1.54) is 0 Å². The van der Waals surface area contributed by atoms with Crippen LogP contribution in [-0.4, -0.2) is 23.0 Å². The van der Waals surface area contributed by atoms with E-state index in [0.29, 0.717) is 17.4 Å². The van der Waals surface area contributed by atoms with Crippen molar-refractivity contribution in [3.05, 3.63) is 23.9 Å². The molecule has 5 nitrogen and oxygen atoms in total. The van der Waals surface area contributed by atoms with E-state index in [-0.39, 0.29) is 5.91 Å². The van der Waals surface area contributed by atoms with Crippen LogP contribution in [0.25, 0.3) is 0 Å². The Morgan fingerprint density at radius 2 is 2.14 bits per heavy atom. The summed E-state index contributed by atoms with van der Waals surface area (Å²) in [6.07, 6.45) is 6.31. The predicted molar refractivity (Wildman–Crippen MR) is 84.9 cm³/mol. The maximum atomic E-state index is 12.5. The van der Waals surface area contributed by atoms with Gasteiger partial charge in [-0.3, -0.25) is 4.79 Å². The van der Waals surface area contributed by atoms with Crippen molar-refractivity contribution in [1.82, 2.24) is 10.3 Å². The van der Waals surface area contributed by atoms with E-state index in [4.69, 9.17) is 22.7 Å². The van der Waals surface area contributed by atoms with Crippen LogP contribution < -0.4 is 15.8 Å². The summed E-state index contributed by atoms with van der Waals surface area (Å²) in [4.78, 5) is 17.0. The minimum atomic E-state index is -0.673. The van der Waals surface area contributed by atoms with E-state index in [1.54, 1.807) is 19.4 Å². The van der Waals surface area contributed by atoms with Gasteiger partial charge in [-0.05, 0) is 18.4 Å². The van der Waals surface area contributed by atoms with Gasteiger partial charge < -0.3 is 15.8 Å². The number of nitrogens with zero attached hydrogens (tertiary/aromatic N) is 1. The molecule has 2 rings (SSSR count). The highest BCUT2D eigenvalue weighted by molar-refractivity contribution is 7.80. The third-order valence-electron chi connectivity index (χ3n) is 4.07. The van der Waals surface area contributed by atoms with Crippen molar-refractivity contribution in [2.24, 2.45) is 11.1 Å². The third kappa shape index (κ3) is 3.50. The minimum absolute atomic E-state index is 0.0643. The first kappa shape index (κ1) is 15.7. The molecule has 0 aromatic carbocycles. The number of hydrogen-bond acceptors (Lipinski definition) is 4. The Hall–Kier alpha value is -1.69. The van der Waals surface area contributed by atoms with Crippen LogP contribution in [0.3, 0.4) is 0 Å². The molecule has 0 radical (unpaired) electrons. The van der Waals surface area contributed by atoms with Gasteiger partial charge in [0, 0.05) is 18.8 Å². The summed E-state index contributed by atoms with van der Waals surface area (Å²) in [5, 5.41) is 2.94. The lowest BCUT2D eigenvalue weighted by molar-refractivity contribution is -0.129. The maximum Gasteiger partial charge on any atom is 0.233 e. The fraction of sp³-hybridized carbons (Fsp3) is 0.533. The van der Waals surface area contributed by atoms with Gasteiger partial charge in [0.05, 0.1) is 17.5 Å². The molecule has 1 amide bonds. The second-order valence-corrected chi connectivity index (χ2v) is 5.84. The van der Waals surface area contributed by atoms with Crippen molar-refractivity contribution in [2.45, 2.75) is 38.6 Å². The molecule has 0 spiro atoms. The Labute approximate surface area is 130 Å². The Bertz CT molecular complexity index is 510. The molecule has 0 saturated heterocycles. The second-order valence-electron chi connectivity index (χ2n) is 5.40. The van der Waals surface area contributed by atoms with Gasteiger partial charge in [-0.1, -0.05) is 37.5 Å². The predicted octanol–water partition coefficient (Wildman–Crippen LogP) is 1.94. The normalized spacial score (nSPS) is 17.0. The zero-order chi connectivity index (χ0) is 15.3. The van der Waals surface area contributed by atoms with E-state index in [1.807, 2.05) is 6.07 Å². The quantitative estimate of drug-likeness (QED) is 0.813. The molecule has 1 heterocycles. The topological polar surface area (TPSA) is 77.2 Å². The van der Waals surface area contributed by atoms with Gasteiger partial charge in [0.1, 0.15) is 0 Å². The molecule has 1 fully saturated rings. The number of methoxy groups -OCH3 is 1. The Kier molecular flexibility index (Phi) is 5.12. The van der Waals surface area contributed by atoms with Crippen LogP contribution >= 0.6 is 12.2 Å². The Morgan fingerprint density at radius 3 is 2.67 bits per heavy atom. The lowest BCUT2D eigenvalue weighted by atomic mass is 9.73. The smallest absolute Gasteiger partial charge is 0.233 e. The van der Waals surface area contributed by atoms with Crippen LogP contribution in [0.4, 0.5) is 0 Å². The minimum Gasteiger partial charge on any atom is -0.481 e. The average Bonchev–Trinajstić information content (AvgIpc) is 2.53. The number of carbonyl (C=O) groups is 1. The summed E-state index contributed by atoms with van der Waals surface area (Å²) in [7, 11) is 1.57. The highest BCUT2D eigenvalue weighted by Crippen LogP contribution is 2.37. The summed E-state index contributed by atoms with van der Waals surface area (Å²) >= 11 is 5.16. The monoisotopic (exact) mass is 307 g/mol. The number of nitrogens with one attached hydrogen (secondary N) is 1. The van der Waals surface area contributed by atoms with E-state index in [0.717, 1.165) is 37.7 Å². The molecule has 1 aliphatic carbocycles. The largest absolute Gasteiger partial charge is 0.481 e. The molecule has 0 aliphatic heterocycles. The molecule has 114 valence electrons. The summed E-state index contributed by atoms with van der Waals surface area (Å²) in [6.45, 7) is 0.417. The molecule has 1 aromatic heterocycles. The van der Waals surface area contributed by atoms with E-state index in [2.05, 4.69) is 10.3 Å².